The van der Waals surface area contributed by atoms with Crippen LogP contribution in [0.1, 0.15) is 17.5 Å². The van der Waals surface area contributed by atoms with E-state index in [2.05, 4.69) is 47.1 Å². The summed E-state index contributed by atoms with van der Waals surface area (Å²) in [5.74, 6) is 1.47. The summed E-state index contributed by atoms with van der Waals surface area (Å²) in [5, 5.41) is 2.04. The number of anilines is 1. The number of pyridine rings is 1. The average Bonchev–Trinajstić information content (AvgIpc) is 3.02. The lowest BCUT2D eigenvalue weighted by Crippen LogP contribution is -2.24. The van der Waals surface area contributed by atoms with E-state index in [0.29, 0.717) is 5.82 Å². The second-order valence-corrected chi connectivity index (χ2v) is 6.83. The summed E-state index contributed by atoms with van der Waals surface area (Å²) in [6, 6.07) is 16.7. The molecule has 0 unspecified atom stereocenters. The van der Waals surface area contributed by atoms with Crippen LogP contribution < -0.4 is 10.5 Å². The lowest BCUT2D eigenvalue weighted by Gasteiger charge is -2.17. The van der Waals surface area contributed by atoms with E-state index in [1.165, 1.54) is 11.1 Å². The molecule has 4 heteroatoms. The Hall–Kier alpha value is -2.59. The van der Waals surface area contributed by atoms with Crippen LogP contribution in [-0.4, -0.2) is 29.1 Å². The highest BCUT2D eigenvalue weighted by Gasteiger charge is 2.24. The lowest BCUT2D eigenvalue weighted by molar-refractivity contribution is 0.198. The van der Waals surface area contributed by atoms with Gasteiger partial charge in [-0.15, -0.1) is 0 Å². The third kappa shape index (κ3) is 3.59. The fourth-order valence-electron chi connectivity index (χ4n) is 3.55. The predicted octanol–water partition coefficient (Wildman–Crippen LogP) is 3.78. The van der Waals surface area contributed by atoms with Crippen molar-refractivity contribution in [3.8, 4) is 5.75 Å². The number of rotatable bonds is 4. The second kappa shape index (κ2) is 6.73. The maximum atomic E-state index is 6.21. The van der Waals surface area contributed by atoms with Crippen LogP contribution in [0, 0.1) is 6.92 Å². The SMILES string of the molecule is Cc1cccc(CN2CC[C@H](Oc3ccc4c(N)nccc4c3)C2)c1. The molecule has 0 bridgehead atoms. The van der Waals surface area contributed by atoms with Crippen LogP contribution >= 0.6 is 0 Å². The number of hydrogen-bond acceptors (Lipinski definition) is 4. The molecule has 1 aliphatic heterocycles. The smallest absolute Gasteiger partial charge is 0.131 e. The van der Waals surface area contributed by atoms with E-state index in [1.54, 1.807) is 6.20 Å². The molecule has 1 fully saturated rings. The third-order valence-electron chi connectivity index (χ3n) is 4.79. The Morgan fingerprint density at radius 3 is 3.00 bits per heavy atom. The van der Waals surface area contributed by atoms with Gasteiger partial charge in [-0.2, -0.15) is 0 Å². The minimum absolute atomic E-state index is 0.237. The normalized spacial score (nSPS) is 17.9. The van der Waals surface area contributed by atoms with Gasteiger partial charge >= 0.3 is 0 Å². The topological polar surface area (TPSA) is 51.4 Å². The third-order valence-corrected chi connectivity index (χ3v) is 4.79. The van der Waals surface area contributed by atoms with Gasteiger partial charge in [0.15, 0.2) is 0 Å². The molecule has 0 aliphatic carbocycles. The zero-order valence-electron chi connectivity index (χ0n) is 14.5. The van der Waals surface area contributed by atoms with Gasteiger partial charge in [0.2, 0.25) is 0 Å². The van der Waals surface area contributed by atoms with Crippen LogP contribution in [-0.2, 0) is 6.54 Å². The van der Waals surface area contributed by atoms with Gasteiger partial charge in [-0.05, 0) is 48.6 Å². The first kappa shape index (κ1) is 15.9. The van der Waals surface area contributed by atoms with Crippen molar-refractivity contribution in [2.45, 2.75) is 26.0 Å². The number of aryl methyl sites for hydroxylation is 1. The van der Waals surface area contributed by atoms with Crippen LogP contribution in [0.2, 0.25) is 0 Å². The van der Waals surface area contributed by atoms with Crippen molar-refractivity contribution in [3.63, 3.8) is 0 Å². The molecule has 2 heterocycles. The average molecular weight is 333 g/mol. The van der Waals surface area contributed by atoms with Crippen LogP contribution in [0.3, 0.4) is 0 Å². The number of nitrogens with zero attached hydrogens (tertiary/aromatic N) is 2. The summed E-state index contributed by atoms with van der Waals surface area (Å²) in [5.41, 5.74) is 8.60. The maximum absolute atomic E-state index is 6.21. The molecule has 1 atom stereocenters. The molecular formula is C21H23N3O. The molecule has 1 aromatic heterocycles. The molecule has 0 saturated carbocycles. The molecular weight excluding hydrogens is 310 g/mol. The van der Waals surface area contributed by atoms with Gasteiger partial charge in [0.05, 0.1) is 0 Å². The van der Waals surface area contributed by atoms with Gasteiger partial charge in [0.25, 0.3) is 0 Å². The largest absolute Gasteiger partial charge is 0.489 e. The number of fused-ring (bicyclic) bond motifs is 1. The van der Waals surface area contributed by atoms with Crippen molar-refractivity contribution < 1.29 is 4.74 Å². The van der Waals surface area contributed by atoms with E-state index in [1.807, 2.05) is 18.2 Å². The summed E-state index contributed by atoms with van der Waals surface area (Å²) >= 11 is 0. The predicted molar refractivity (Wildman–Crippen MR) is 102 cm³/mol. The van der Waals surface area contributed by atoms with Crippen LogP contribution in [0.4, 0.5) is 5.82 Å². The second-order valence-electron chi connectivity index (χ2n) is 6.83. The molecule has 2 N–H and O–H groups in total. The van der Waals surface area contributed by atoms with Gasteiger partial charge in [-0.1, -0.05) is 29.8 Å². The Morgan fingerprint density at radius 2 is 2.12 bits per heavy atom. The van der Waals surface area contributed by atoms with Gasteiger partial charge in [0.1, 0.15) is 17.7 Å². The molecule has 2 aromatic carbocycles. The Balaban J connectivity index is 1.41. The zero-order chi connectivity index (χ0) is 17.2. The lowest BCUT2D eigenvalue weighted by atomic mass is 10.1. The first-order valence-electron chi connectivity index (χ1n) is 8.76. The monoisotopic (exact) mass is 333 g/mol. The van der Waals surface area contributed by atoms with Gasteiger partial charge in [0, 0.05) is 31.2 Å². The minimum atomic E-state index is 0.237. The van der Waals surface area contributed by atoms with E-state index >= 15 is 0 Å². The molecule has 128 valence electrons. The number of benzene rings is 2. The van der Waals surface area contributed by atoms with Crippen molar-refractivity contribution >= 4 is 16.6 Å². The number of hydrogen-bond donors (Lipinski definition) is 1. The Morgan fingerprint density at radius 1 is 1.20 bits per heavy atom. The fraction of sp³-hybridized carbons (Fsp3) is 0.286. The van der Waals surface area contributed by atoms with E-state index in [-0.39, 0.29) is 6.10 Å². The number of nitrogens with two attached hydrogens (primary N) is 1. The van der Waals surface area contributed by atoms with E-state index in [0.717, 1.165) is 42.6 Å². The van der Waals surface area contributed by atoms with Crippen molar-refractivity contribution in [1.82, 2.24) is 9.88 Å². The summed E-state index contributed by atoms with van der Waals surface area (Å²) in [7, 11) is 0. The van der Waals surface area contributed by atoms with Crippen molar-refractivity contribution in [2.24, 2.45) is 0 Å². The van der Waals surface area contributed by atoms with Crippen molar-refractivity contribution in [1.29, 1.82) is 0 Å². The quantitative estimate of drug-likeness (QED) is 0.789. The molecule has 4 nitrogen and oxygen atoms in total. The van der Waals surface area contributed by atoms with Crippen LogP contribution in [0.15, 0.2) is 54.7 Å². The summed E-state index contributed by atoms with van der Waals surface area (Å²) < 4.78 is 6.21. The Bertz CT molecular complexity index is 893. The number of nitrogen functional groups attached to an aromatic ring is 1. The Kier molecular flexibility index (Phi) is 4.28. The van der Waals surface area contributed by atoms with Crippen molar-refractivity contribution in [2.75, 3.05) is 18.8 Å². The first-order valence-corrected chi connectivity index (χ1v) is 8.76. The Labute approximate surface area is 148 Å². The van der Waals surface area contributed by atoms with Crippen molar-refractivity contribution in [3.05, 3.63) is 65.9 Å². The van der Waals surface area contributed by atoms with Crippen LogP contribution in [0.5, 0.6) is 5.75 Å². The minimum Gasteiger partial charge on any atom is -0.489 e. The highest BCUT2D eigenvalue weighted by Crippen LogP contribution is 2.26. The van der Waals surface area contributed by atoms with E-state index in [4.69, 9.17) is 10.5 Å². The van der Waals surface area contributed by atoms with Gasteiger partial charge in [-0.25, -0.2) is 4.98 Å². The summed E-state index contributed by atoms with van der Waals surface area (Å²) in [6.45, 7) is 5.16. The van der Waals surface area contributed by atoms with Gasteiger partial charge < -0.3 is 10.5 Å². The standard InChI is InChI=1S/C21H23N3O/c1-15-3-2-4-16(11-15)13-24-10-8-19(14-24)25-18-5-6-20-17(12-18)7-9-23-21(20)22/h2-7,9,11-12,19H,8,10,13-14H2,1H3,(H2,22,23)/t19-/m0/s1. The number of ether oxygens (including phenoxy) is 1. The number of aromatic nitrogens is 1. The molecule has 3 aromatic rings. The number of likely N-dealkylation sites (tertiary alicyclic amines) is 1. The molecule has 1 saturated heterocycles. The summed E-state index contributed by atoms with van der Waals surface area (Å²) in [6.07, 6.45) is 3.03. The maximum Gasteiger partial charge on any atom is 0.131 e. The van der Waals surface area contributed by atoms with Crippen LogP contribution in [0.25, 0.3) is 10.8 Å². The molecule has 0 radical (unpaired) electrons. The fourth-order valence-corrected chi connectivity index (χ4v) is 3.55. The molecule has 0 spiro atoms. The first-order chi connectivity index (χ1) is 12.2. The molecule has 1 aliphatic rings. The van der Waals surface area contributed by atoms with Gasteiger partial charge in [-0.3, -0.25) is 4.90 Å². The van der Waals surface area contributed by atoms with E-state index < -0.39 is 0 Å². The highest BCUT2D eigenvalue weighted by molar-refractivity contribution is 5.91. The zero-order valence-corrected chi connectivity index (χ0v) is 14.5. The van der Waals surface area contributed by atoms with E-state index in [9.17, 15) is 0 Å². The molecule has 4 rings (SSSR count). The highest BCUT2D eigenvalue weighted by atomic mass is 16.5. The summed E-state index contributed by atoms with van der Waals surface area (Å²) in [4.78, 5) is 6.59. The molecule has 0 amide bonds. The molecule has 25 heavy (non-hydrogen) atoms.